The van der Waals surface area contributed by atoms with Gasteiger partial charge in [-0.1, -0.05) is 12.1 Å². The molecule has 1 aromatic rings. The minimum atomic E-state index is -0.262. The highest BCUT2D eigenvalue weighted by Crippen LogP contribution is 2.16. The van der Waals surface area contributed by atoms with E-state index in [1.807, 2.05) is 20.9 Å². The third kappa shape index (κ3) is 5.44. The summed E-state index contributed by atoms with van der Waals surface area (Å²) in [5.41, 5.74) is 0.911. The minimum absolute atomic E-state index is 0. The van der Waals surface area contributed by atoms with Gasteiger partial charge in [0.15, 0.2) is 0 Å². The van der Waals surface area contributed by atoms with Crippen molar-refractivity contribution >= 4 is 18.3 Å². The molecule has 1 fully saturated rings. The predicted octanol–water partition coefficient (Wildman–Crippen LogP) is 2.50. The lowest BCUT2D eigenvalue weighted by molar-refractivity contribution is -0.127. The van der Waals surface area contributed by atoms with Crippen LogP contribution in [0.15, 0.2) is 24.3 Å². The van der Waals surface area contributed by atoms with Crippen molar-refractivity contribution in [1.82, 2.24) is 15.5 Å². The highest BCUT2D eigenvalue weighted by Gasteiger charge is 2.27. The van der Waals surface area contributed by atoms with Crippen LogP contribution >= 0.6 is 12.4 Å². The van der Waals surface area contributed by atoms with Gasteiger partial charge in [-0.15, -0.1) is 12.4 Å². The number of nitrogens with zero attached hydrogens (tertiary/aromatic N) is 1. The molecule has 1 amide bonds. The third-order valence-corrected chi connectivity index (χ3v) is 4.52. The monoisotopic (exact) mass is 343 g/mol. The Kier molecular flexibility index (Phi) is 7.95. The van der Waals surface area contributed by atoms with E-state index in [4.69, 9.17) is 0 Å². The summed E-state index contributed by atoms with van der Waals surface area (Å²) in [6.07, 6.45) is 2.27. The summed E-state index contributed by atoms with van der Waals surface area (Å²) in [5, 5.41) is 6.31. The second-order valence-corrected chi connectivity index (χ2v) is 6.08. The number of hydrogen-bond donors (Lipinski definition) is 2. The summed E-state index contributed by atoms with van der Waals surface area (Å²) in [4.78, 5) is 14.7. The van der Waals surface area contributed by atoms with Crippen LogP contribution in [0.1, 0.15) is 38.3 Å². The van der Waals surface area contributed by atoms with E-state index in [9.17, 15) is 9.18 Å². The summed E-state index contributed by atoms with van der Waals surface area (Å²) in [6.45, 7) is 5.73. The van der Waals surface area contributed by atoms with Gasteiger partial charge >= 0.3 is 0 Å². The number of piperidine rings is 1. The van der Waals surface area contributed by atoms with Crippen LogP contribution in [-0.4, -0.2) is 43.0 Å². The summed E-state index contributed by atoms with van der Waals surface area (Å²) >= 11 is 0. The maximum atomic E-state index is 13.0. The van der Waals surface area contributed by atoms with Gasteiger partial charge in [-0.05, 0) is 58.0 Å². The van der Waals surface area contributed by atoms with Gasteiger partial charge in [0.2, 0.25) is 5.91 Å². The normalized spacial score (nSPS) is 21.1. The van der Waals surface area contributed by atoms with Crippen LogP contribution in [0.4, 0.5) is 4.39 Å². The lowest BCUT2D eigenvalue weighted by atomic mass is 10.0. The molecule has 1 aliphatic rings. The van der Waals surface area contributed by atoms with Crippen LogP contribution in [0.25, 0.3) is 0 Å². The molecule has 0 spiro atoms. The lowest BCUT2D eigenvalue weighted by Crippen LogP contribution is -2.52. The Bertz CT molecular complexity index is 497. The van der Waals surface area contributed by atoms with Gasteiger partial charge in [0.1, 0.15) is 5.82 Å². The van der Waals surface area contributed by atoms with Gasteiger partial charge in [-0.3, -0.25) is 9.69 Å². The van der Waals surface area contributed by atoms with E-state index in [2.05, 4.69) is 15.5 Å². The van der Waals surface area contributed by atoms with Crippen LogP contribution in [0.3, 0.4) is 0 Å². The second-order valence-electron chi connectivity index (χ2n) is 6.08. The number of amides is 1. The SMILES string of the molecule is CNC1CCCN(C(C)C(=O)NC(C)c2ccc(F)cc2)C1.Cl. The molecule has 1 heterocycles. The van der Waals surface area contributed by atoms with Crippen LogP contribution in [0.2, 0.25) is 0 Å². The highest BCUT2D eigenvalue weighted by atomic mass is 35.5. The Labute approximate surface area is 144 Å². The average molecular weight is 344 g/mol. The molecule has 1 aliphatic heterocycles. The Morgan fingerprint density at radius 2 is 1.96 bits per heavy atom. The Morgan fingerprint density at radius 1 is 1.30 bits per heavy atom. The fraction of sp³-hybridized carbons (Fsp3) is 0.588. The van der Waals surface area contributed by atoms with E-state index in [1.165, 1.54) is 12.1 Å². The van der Waals surface area contributed by atoms with Gasteiger partial charge in [0, 0.05) is 12.6 Å². The zero-order valence-corrected chi connectivity index (χ0v) is 14.8. The quantitative estimate of drug-likeness (QED) is 0.863. The largest absolute Gasteiger partial charge is 0.348 e. The van der Waals surface area contributed by atoms with E-state index in [0.29, 0.717) is 6.04 Å². The summed E-state index contributed by atoms with van der Waals surface area (Å²) in [5.74, 6) is -0.240. The zero-order chi connectivity index (χ0) is 16.1. The zero-order valence-electron chi connectivity index (χ0n) is 14.0. The van der Waals surface area contributed by atoms with Crippen molar-refractivity contribution in [1.29, 1.82) is 0 Å². The first-order valence-electron chi connectivity index (χ1n) is 7.98. The smallest absolute Gasteiger partial charge is 0.237 e. The van der Waals surface area contributed by atoms with Gasteiger partial charge in [-0.2, -0.15) is 0 Å². The topological polar surface area (TPSA) is 44.4 Å². The van der Waals surface area contributed by atoms with Gasteiger partial charge in [0.25, 0.3) is 0 Å². The Balaban J connectivity index is 0.00000264. The van der Waals surface area contributed by atoms with Gasteiger partial charge in [-0.25, -0.2) is 4.39 Å². The first-order valence-corrected chi connectivity index (χ1v) is 7.98. The van der Waals surface area contributed by atoms with Crippen LogP contribution < -0.4 is 10.6 Å². The van der Waals surface area contributed by atoms with E-state index < -0.39 is 0 Å². The van der Waals surface area contributed by atoms with E-state index >= 15 is 0 Å². The number of rotatable bonds is 5. The fourth-order valence-corrected chi connectivity index (χ4v) is 2.93. The maximum absolute atomic E-state index is 13.0. The molecule has 1 aromatic carbocycles. The minimum Gasteiger partial charge on any atom is -0.348 e. The molecule has 6 heteroatoms. The second kappa shape index (κ2) is 9.21. The van der Waals surface area contributed by atoms with Crippen molar-refractivity contribution in [3.05, 3.63) is 35.6 Å². The summed E-state index contributed by atoms with van der Waals surface area (Å²) in [7, 11) is 1.97. The first-order chi connectivity index (χ1) is 10.5. The molecule has 130 valence electrons. The number of nitrogens with one attached hydrogen (secondary N) is 2. The molecule has 0 radical (unpaired) electrons. The molecule has 23 heavy (non-hydrogen) atoms. The van der Waals surface area contributed by atoms with E-state index in [1.54, 1.807) is 12.1 Å². The van der Waals surface area contributed by atoms with E-state index in [0.717, 1.165) is 31.5 Å². The van der Waals surface area contributed by atoms with Crippen molar-refractivity contribution in [3.63, 3.8) is 0 Å². The number of likely N-dealkylation sites (tertiary alicyclic amines) is 1. The molecule has 0 aliphatic carbocycles. The number of hydrogen-bond acceptors (Lipinski definition) is 3. The van der Waals surface area contributed by atoms with Gasteiger partial charge < -0.3 is 10.6 Å². The number of carbonyl (C=O) groups is 1. The molecule has 0 aromatic heterocycles. The molecule has 3 atom stereocenters. The molecular weight excluding hydrogens is 317 g/mol. The number of benzene rings is 1. The Hall–Kier alpha value is -1.17. The molecule has 3 unspecified atom stereocenters. The fourth-order valence-electron chi connectivity index (χ4n) is 2.93. The van der Waals surface area contributed by atoms with Crippen molar-refractivity contribution in [3.8, 4) is 0 Å². The molecule has 2 N–H and O–H groups in total. The molecular formula is C17H27ClFN3O. The molecule has 0 saturated carbocycles. The predicted molar refractivity (Wildman–Crippen MR) is 93.3 cm³/mol. The summed E-state index contributed by atoms with van der Waals surface area (Å²) in [6, 6.07) is 6.44. The average Bonchev–Trinajstić information content (AvgIpc) is 2.54. The van der Waals surface area contributed by atoms with Crippen molar-refractivity contribution in [2.75, 3.05) is 20.1 Å². The maximum Gasteiger partial charge on any atom is 0.237 e. The molecule has 1 saturated heterocycles. The van der Waals surface area contributed by atoms with Crippen molar-refractivity contribution in [2.24, 2.45) is 0 Å². The third-order valence-electron chi connectivity index (χ3n) is 4.52. The van der Waals surface area contributed by atoms with Crippen LogP contribution in [-0.2, 0) is 4.79 Å². The van der Waals surface area contributed by atoms with Crippen molar-refractivity contribution < 1.29 is 9.18 Å². The highest BCUT2D eigenvalue weighted by molar-refractivity contribution is 5.85. The molecule has 2 rings (SSSR count). The molecule has 0 bridgehead atoms. The first kappa shape index (κ1) is 19.9. The summed E-state index contributed by atoms with van der Waals surface area (Å²) < 4.78 is 13.0. The van der Waals surface area contributed by atoms with Crippen molar-refractivity contribution in [2.45, 2.75) is 44.8 Å². The van der Waals surface area contributed by atoms with Crippen LogP contribution in [0.5, 0.6) is 0 Å². The molecule has 4 nitrogen and oxygen atoms in total. The van der Waals surface area contributed by atoms with Crippen LogP contribution in [0, 0.1) is 5.82 Å². The number of carbonyl (C=O) groups excluding carboxylic acids is 1. The lowest BCUT2D eigenvalue weighted by Gasteiger charge is -2.36. The number of likely N-dealkylation sites (N-methyl/N-ethyl adjacent to an activating group) is 1. The standard InChI is InChI=1S/C17H26FN3O.ClH/c1-12(14-6-8-15(18)9-7-14)20-17(22)13(2)21-10-4-5-16(11-21)19-3;/h6-9,12-13,16,19H,4-5,10-11H2,1-3H3,(H,20,22);1H. The number of halogens is 2. The van der Waals surface area contributed by atoms with E-state index in [-0.39, 0.29) is 36.2 Å². The van der Waals surface area contributed by atoms with Gasteiger partial charge in [0.05, 0.1) is 12.1 Å². The Morgan fingerprint density at radius 3 is 2.57 bits per heavy atom.